The van der Waals surface area contributed by atoms with E-state index >= 15 is 0 Å². The highest BCUT2D eigenvalue weighted by molar-refractivity contribution is 5.79. The molecule has 1 aromatic carbocycles. The minimum Gasteiger partial charge on any atom is -0.466 e. The lowest BCUT2D eigenvalue weighted by atomic mass is 9.70. The summed E-state index contributed by atoms with van der Waals surface area (Å²) in [6, 6.07) is 10.9. The molecule has 0 radical (unpaired) electrons. The lowest BCUT2D eigenvalue weighted by Gasteiger charge is -2.35. The van der Waals surface area contributed by atoms with Gasteiger partial charge in [0.05, 0.1) is 30.9 Å². The van der Waals surface area contributed by atoms with Crippen LogP contribution in [0, 0.1) is 12.3 Å². The maximum Gasteiger partial charge on any atom is 0.314 e. The van der Waals surface area contributed by atoms with Gasteiger partial charge in [-0.15, -0.1) is 0 Å². The van der Waals surface area contributed by atoms with Gasteiger partial charge in [0.15, 0.2) is 0 Å². The Bertz CT molecular complexity index is 850. The van der Waals surface area contributed by atoms with Crippen LogP contribution in [0.3, 0.4) is 0 Å². The smallest absolute Gasteiger partial charge is 0.314 e. The zero-order valence-corrected chi connectivity index (χ0v) is 17.4. The first-order valence-electron chi connectivity index (χ1n) is 10.7. The molecule has 3 atom stereocenters. The monoisotopic (exact) mass is 397 g/mol. The average Bonchev–Trinajstić information content (AvgIpc) is 3.35. The minimum atomic E-state index is -0.477. The molecule has 2 aromatic rings. The van der Waals surface area contributed by atoms with Crippen molar-refractivity contribution in [2.45, 2.75) is 64.7 Å². The number of aryl methyl sites for hydroxylation is 1. The summed E-state index contributed by atoms with van der Waals surface area (Å²) in [7, 11) is 0. The summed E-state index contributed by atoms with van der Waals surface area (Å²) in [6.45, 7) is 5.71. The molecular weight excluding hydrogens is 366 g/mol. The van der Waals surface area contributed by atoms with Crippen LogP contribution < -0.4 is 0 Å². The number of aromatic nitrogens is 2. The van der Waals surface area contributed by atoms with Crippen molar-refractivity contribution >= 4 is 5.97 Å². The normalized spacial score (nSPS) is 26.2. The molecule has 1 N–H and O–H groups in total. The van der Waals surface area contributed by atoms with Crippen LogP contribution in [0.5, 0.6) is 0 Å². The Morgan fingerprint density at radius 1 is 1.31 bits per heavy atom. The molecule has 6 nitrogen and oxygen atoms in total. The predicted octanol–water partition coefficient (Wildman–Crippen LogP) is 2.71. The number of esters is 1. The molecule has 0 saturated carbocycles. The molecule has 29 heavy (non-hydrogen) atoms. The number of hydrogen-bond donors (Lipinski definition) is 1. The Morgan fingerprint density at radius 3 is 2.83 bits per heavy atom. The fraction of sp³-hybridized carbons (Fsp3) is 0.565. The molecule has 0 spiro atoms. The third kappa shape index (κ3) is 3.71. The molecule has 156 valence electrons. The summed E-state index contributed by atoms with van der Waals surface area (Å²) in [5.41, 5.74) is 2.89. The van der Waals surface area contributed by atoms with E-state index in [4.69, 9.17) is 4.74 Å². The second kappa shape index (κ2) is 8.28. The van der Waals surface area contributed by atoms with Gasteiger partial charge in [-0.1, -0.05) is 30.3 Å². The second-order valence-corrected chi connectivity index (χ2v) is 8.39. The molecule has 2 fully saturated rings. The van der Waals surface area contributed by atoms with Gasteiger partial charge in [0.2, 0.25) is 0 Å². The topological polar surface area (TPSA) is 67.6 Å². The number of fused-ring (bicyclic) bond motifs is 2. The molecule has 0 amide bonds. The van der Waals surface area contributed by atoms with Crippen LogP contribution in [0.25, 0.3) is 0 Å². The summed E-state index contributed by atoms with van der Waals surface area (Å²) >= 11 is 0. The summed E-state index contributed by atoms with van der Waals surface area (Å²) in [6.07, 6.45) is 5.78. The van der Waals surface area contributed by atoms with Crippen LogP contribution in [0.15, 0.2) is 36.5 Å². The maximum absolute atomic E-state index is 13.2. The van der Waals surface area contributed by atoms with E-state index in [0.717, 1.165) is 37.9 Å². The molecule has 2 bridgehead atoms. The van der Waals surface area contributed by atoms with Crippen molar-refractivity contribution in [3.05, 3.63) is 53.3 Å². The molecule has 4 rings (SSSR count). The van der Waals surface area contributed by atoms with Crippen molar-refractivity contribution in [1.82, 2.24) is 14.7 Å². The van der Waals surface area contributed by atoms with Crippen LogP contribution in [-0.4, -0.2) is 51.1 Å². The van der Waals surface area contributed by atoms with Crippen LogP contribution >= 0.6 is 0 Å². The average molecular weight is 398 g/mol. The number of carbonyl (C=O) groups is 1. The largest absolute Gasteiger partial charge is 0.466 e. The van der Waals surface area contributed by atoms with Crippen molar-refractivity contribution in [1.29, 1.82) is 0 Å². The minimum absolute atomic E-state index is 0.0475. The lowest BCUT2D eigenvalue weighted by Crippen LogP contribution is -2.46. The zero-order chi connectivity index (χ0) is 20.4. The van der Waals surface area contributed by atoms with Crippen LogP contribution in [0.4, 0.5) is 0 Å². The first-order valence-corrected chi connectivity index (χ1v) is 10.7. The molecular formula is C23H31N3O3. The van der Waals surface area contributed by atoms with Gasteiger partial charge >= 0.3 is 5.97 Å². The Hall–Kier alpha value is -2.18. The number of aliphatic hydroxyl groups is 1. The first-order chi connectivity index (χ1) is 14.1. The highest BCUT2D eigenvalue weighted by Crippen LogP contribution is 2.52. The van der Waals surface area contributed by atoms with Gasteiger partial charge in [-0.3, -0.25) is 14.4 Å². The van der Waals surface area contributed by atoms with Crippen LogP contribution in [0.1, 0.15) is 43.0 Å². The van der Waals surface area contributed by atoms with Gasteiger partial charge in [0.1, 0.15) is 0 Å². The molecule has 2 aliphatic rings. The fourth-order valence-electron chi connectivity index (χ4n) is 5.39. The first kappa shape index (κ1) is 20.1. The van der Waals surface area contributed by atoms with E-state index in [1.165, 1.54) is 11.1 Å². The third-order valence-electron chi connectivity index (χ3n) is 6.65. The number of benzene rings is 1. The Labute approximate surface area is 172 Å². The number of rotatable bonds is 8. The van der Waals surface area contributed by atoms with Crippen LogP contribution in [-0.2, 0) is 29.0 Å². The van der Waals surface area contributed by atoms with E-state index in [1.54, 1.807) is 0 Å². The summed E-state index contributed by atoms with van der Waals surface area (Å²) < 4.78 is 7.41. The van der Waals surface area contributed by atoms with Crippen molar-refractivity contribution in [2.24, 2.45) is 5.41 Å². The van der Waals surface area contributed by atoms with Gasteiger partial charge in [-0.25, -0.2) is 0 Å². The fourth-order valence-corrected chi connectivity index (χ4v) is 5.39. The van der Waals surface area contributed by atoms with Gasteiger partial charge in [0, 0.05) is 30.4 Å². The number of hydrogen-bond acceptors (Lipinski definition) is 5. The second-order valence-electron chi connectivity index (χ2n) is 8.39. The van der Waals surface area contributed by atoms with Gasteiger partial charge < -0.3 is 9.84 Å². The van der Waals surface area contributed by atoms with Crippen molar-refractivity contribution in [3.63, 3.8) is 0 Å². The molecule has 6 heteroatoms. The van der Waals surface area contributed by atoms with E-state index in [-0.39, 0.29) is 18.6 Å². The van der Waals surface area contributed by atoms with Crippen molar-refractivity contribution in [2.75, 3.05) is 13.2 Å². The number of aliphatic hydroxyl groups excluding tert-OH is 1. The molecule has 2 aliphatic heterocycles. The summed E-state index contributed by atoms with van der Waals surface area (Å²) in [5, 5.41) is 13.7. The number of carbonyl (C=O) groups excluding carboxylic acids is 1. The highest BCUT2D eigenvalue weighted by Gasteiger charge is 2.60. The SMILES string of the molecule is CCOC(=O)[C@]1(Cc2ccccc2)C[C@@H]2CC[C@H]1N2Cc1cn(CCO)nc1C. The van der Waals surface area contributed by atoms with Gasteiger partial charge in [0.25, 0.3) is 0 Å². The number of ether oxygens (including phenoxy) is 1. The van der Waals surface area contributed by atoms with Crippen LogP contribution in [0.2, 0.25) is 0 Å². The third-order valence-corrected chi connectivity index (χ3v) is 6.65. The summed E-state index contributed by atoms with van der Waals surface area (Å²) in [5.74, 6) is -0.0475. The molecule has 0 aliphatic carbocycles. The standard InChI is InChI=1S/C23H31N3O3/c1-3-29-22(28)23(13-18-7-5-4-6-8-18)14-20-9-10-21(23)26(20)16-19-15-25(11-12-27)24-17(19)2/h4-8,15,20-21,27H,3,9-14,16H2,1-2H3/t20-,21+,23+/m0/s1. The molecule has 3 heterocycles. The molecule has 0 unspecified atom stereocenters. The summed E-state index contributed by atoms with van der Waals surface area (Å²) in [4.78, 5) is 15.7. The molecule has 1 aromatic heterocycles. The number of nitrogens with zero attached hydrogens (tertiary/aromatic N) is 3. The zero-order valence-electron chi connectivity index (χ0n) is 17.4. The Balaban J connectivity index is 1.61. The lowest BCUT2D eigenvalue weighted by molar-refractivity contribution is -0.157. The van der Waals surface area contributed by atoms with E-state index in [0.29, 0.717) is 19.2 Å². The Morgan fingerprint density at radius 2 is 2.10 bits per heavy atom. The van der Waals surface area contributed by atoms with E-state index in [2.05, 4.69) is 22.1 Å². The van der Waals surface area contributed by atoms with E-state index < -0.39 is 5.41 Å². The highest BCUT2D eigenvalue weighted by atomic mass is 16.5. The van der Waals surface area contributed by atoms with Gasteiger partial charge in [-0.05, 0) is 45.1 Å². The Kier molecular flexibility index (Phi) is 5.74. The van der Waals surface area contributed by atoms with E-state index in [1.807, 2.05) is 42.9 Å². The van der Waals surface area contributed by atoms with Gasteiger partial charge in [-0.2, -0.15) is 5.10 Å². The van der Waals surface area contributed by atoms with E-state index in [9.17, 15) is 9.90 Å². The van der Waals surface area contributed by atoms with Crippen molar-refractivity contribution in [3.8, 4) is 0 Å². The quantitative estimate of drug-likeness (QED) is 0.694. The molecule has 2 saturated heterocycles. The maximum atomic E-state index is 13.2. The van der Waals surface area contributed by atoms with Crippen molar-refractivity contribution < 1.29 is 14.6 Å². The predicted molar refractivity (Wildman–Crippen MR) is 110 cm³/mol.